The zero-order valence-electron chi connectivity index (χ0n) is 5.08. The molecule has 0 aromatic rings. The molecule has 1 rings (SSSR count). The second-order valence-corrected chi connectivity index (χ2v) is 3.21. The Morgan fingerprint density at radius 1 is 1.50 bits per heavy atom. The maximum Gasteiger partial charge on any atom is 0.182 e. The van der Waals surface area contributed by atoms with Gasteiger partial charge in [-0.25, -0.2) is 4.39 Å². The van der Waals surface area contributed by atoms with Gasteiger partial charge in [0.15, 0.2) is 6.29 Å². The third-order valence-electron chi connectivity index (χ3n) is 1.44. The van der Waals surface area contributed by atoms with E-state index < -0.39 is 30.0 Å². The molecule has 0 spiro atoms. The minimum absolute atomic E-state index is 0.507. The highest BCUT2D eigenvalue weighted by atomic mass is 79.9. The molecule has 1 aliphatic heterocycles. The molecule has 3 nitrogen and oxygen atoms in total. The molecule has 0 aromatic heterocycles. The molecule has 2 N–H and O–H groups in total. The molecule has 0 saturated carbocycles. The fourth-order valence-corrected chi connectivity index (χ4v) is 1.36. The summed E-state index contributed by atoms with van der Waals surface area (Å²) in [6.07, 6.45) is -3.02. The predicted octanol–water partition coefficient (Wildman–Crippen LogP) is -0.202. The molecule has 1 fully saturated rings. The van der Waals surface area contributed by atoms with E-state index in [-0.39, 0.29) is 0 Å². The van der Waals surface area contributed by atoms with Crippen LogP contribution in [-0.4, -0.2) is 40.2 Å². The van der Waals surface area contributed by atoms with Crippen molar-refractivity contribution in [3.63, 3.8) is 0 Å². The normalized spacial score (nSPS) is 48.0. The highest BCUT2D eigenvalue weighted by molar-refractivity contribution is 9.09. The van der Waals surface area contributed by atoms with Crippen molar-refractivity contribution in [3.8, 4) is 0 Å². The minimum Gasteiger partial charge on any atom is -0.387 e. The Bertz CT molecular complexity index is 123. The molecule has 0 aromatic carbocycles. The Kier molecular flexibility index (Phi) is 2.62. The van der Waals surface area contributed by atoms with Crippen LogP contribution in [0.3, 0.4) is 0 Å². The third kappa shape index (κ3) is 1.32. The van der Waals surface area contributed by atoms with Crippen LogP contribution in [0, 0.1) is 0 Å². The summed E-state index contributed by atoms with van der Waals surface area (Å²) in [5.74, 6) is 0. The molecular formula is C5H8BrFO3. The van der Waals surface area contributed by atoms with Gasteiger partial charge in [-0.3, -0.25) is 0 Å². The molecule has 4 atom stereocenters. The van der Waals surface area contributed by atoms with Gasteiger partial charge in [0.25, 0.3) is 0 Å². The summed E-state index contributed by atoms with van der Waals surface area (Å²) in [4.78, 5) is -0.507. The van der Waals surface area contributed by atoms with E-state index in [1.807, 2.05) is 0 Å². The number of rotatable bonds is 1. The Morgan fingerprint density at radius 3 is 2.30 bits per heavy atom. The van der Waals surface area contributed by atoms with Gasteiger partial charge in [0, 0.05) is 0 Å². The number of aliphatic hydroxyl groups excluding tert-OH is 2. The zero-order valence-corrected chi connectivity index (χ0v) is 6.66. The lowest BCUT2D eigenvalue weighted by Gasteiger charge is -2.07. The first-order valence-electron chi connectivity index (χ1n) is 2.88. The van der Waals surface area contributed by atoms with Crippen molar-refractivity contribution in [1.82, 2.24) is 0 Å². The minimum atomic E-state index is -1.26. The Balaban J connectivity index is 2.53. The lowest BCUT2D eigenvalue weighted by molar-refractivity contribution is -0.129. The van der Waals surface area contributed by atoms with Gasteiger partial charge in [0.05, 0.1) is 4.83 Å². The van der Waals surface area contributed by atoms with Crippen LogP contribution in [0.25, 0.3) is 0 Å². The summed E-state index contributed by atoms with van der Waals surface area (Å²) >= 11 is 3.00. The smallest absolute Gasteiger partial charge is 0.182 e. The summed E-state index contributed by atoms with van der Waals surface area (Å²) in [6.45, 7) is -0.704. The lowest BCUT2D eigenvalue weighted by Crippen LogP contribution is -2.27. The van der Waals surface area contributed by atoms with Crippen LogP contribution in [0.2, 0.25) is 0 Å². The molecular weight excluding hydrogens is 207 g/mol. The van der Waals surface area contributed by atoms with E-state index in [2.05, 4.69) is 20.7 Å². The fourth-order valence-electron chi connectivity index (χ4n) is 0.833. The van der Waals surface area contributed by atoms with E-state index in [1.165, 1.54) is 0 Å². The van der Waals surface area contributed by atoms with Gasteiger partial charge < -0.3 is 14.9 Å². The van der Waals surface area contributed by atoms with E-state index in [9.17, 15) is 4.39 Å². The summed E-state index contributed by atoms with van der Waals surface area (Å²) < 4.78 is 16.5. The average molecular weight is 215 g/mol. The van der Waals surface area contributed by atoms with Gasteiger partial charge in [-0.15, -0.1) is 0 Å². The lowest BCUT2D eigenvalue weighted by atomic mass is 10.2. The van der Waals surface area contributed by atoms with Crippen LogP contribution in [0.5, 0.6) is 0 Å². The topological polar surface area (TPSA) is 49.7 Å². The van der Waals surface area contributed by atoms with E-state index in [1.54, 1.807) is 0 Å². The van der Waals surface area contributed by atoms with Crippen LogP contribution in [0.1, 0.15) is 0 Å². The highest BCUT2D eigenvalue weighted by Gasteiger charge is 2.41. The average Bonchev–Trinajstić information content (AvgIpc) is 2.17. The van der Waals surface area contributed by atoms with Gasteiger partial charge in [-0.1, -0.05) is 15.9 Å². The zero-order chi connectivity index (χ0) is 7.72. The maximum atomic E-state index is 11.9. The monoisotopic (exact) mass is 214 g/mol. The number of halogens is 2. The van der Waals surface area contributed by atoms with Crippen molar-refractivity contribution in [3.05, 3.63) is 0 Å². The van der Waals surface area contributed by atoms with Crippen molar-refractivity contribution >= 4 is 15.9 Å². The number of alkyl halides is 2. The quantitative estimate of drug-likeness (QED) is 0.595. The van der Waals surface area contributed by atoms with Crippen molar-refractivity contribution in [2.75, 3.05) is 6.67 Å². The van der Waals surface area contributed by atoms with Gasteiger partial charge >= 0.3 is 0 Å². The summed E-state index contributed by atoms with van der Waals surface area (Å²) in [5.41, 5.74) is 0. The number of hydrogen-bond donors (Lipinski definition) is 2. The number of ether oxygens (including phenoxy) is 1. The molecule has 5 heteroatoms. The van der Waals surface area contributed by atoms with Crippen LogP contribution in [0.15, 0.2) is 0 Å². The highest BCUT2D eigenvalue weighted by Crippen LogP contribution is 2.25. The molecule has 10 heavy (non-hydrogen) atoms. The van der Waals surface area contributed by atoms with E-state index in [0.717, 1.165) is 0 Å². The molecule has 0 radical (unpaired) electrons. The molecule has 1 heterocycles. The SMILES string of the molecule is O[C@@H]1[C@@H](Br)[C@@H](CF)O[C@H]1O. The summed E-state index contributed by atoms with van der Waals surface area (Å²) in [6, 6.07) is 0. The molecule has 0 unspecified atom stereocenters. The van der Waals surface area contributed by atoms with Crippen LogP contribution < -0.4 is 0 Å². The second-order valence-electron chi connectivity index (χ2n) is 2.15. The molecule has 0 amide bonds. The molecule has 60 valence electrons. The standard InChI is InChI=1S/C5H8BrFO3/c6-3-2(1-7)10-5(9)4(3)8/h2-5,8-9H,1H2/t2-,3+,4-,5-/m1/s1. The summed E-state index contributed by atoms with van der Waals surface area (Å²) in [7, 11) is 0. The first-order chi connectivity index (χ1) is 4.66. The largest absolute Gasteiger partial charge is 0.387 e. The summed E-state index contributed by atoms with van der Waals surface area (Å²) in [5, 5.41) is 17.8. The molecule has 1 aliphatic rings. The maximum absolute atomic E-state index is 11.9. The van der Waals surface area contributed by atoms with Crippen molar-refractivity contribution < 1.29 is 19.3 Å². The third-order valence-corrected chi connectivity index (χ3v) is 2.57. The number of hydrogen-bond acceptors (Lipinski definition) is 3. The van der Waals surface area contributed by atoms with Crippen LogP contribution in [-0.2, 0) is 4.74 Å². The Labute approximate surface area is 65.9 Å². The Hall–Kier alpha value is 0.290. The van der Waals surface area contributed by atoms with Gasteiger partial charge in [-0.2, -0.15) is 0 Å². The predicted molar refractivity (Wildman–Crippen MR) is 35.6 cm³/mol. The van der Waals surface area contributed by atoms with E-state index >= 15 is 0 Å². The van der Waals surface area contributed by atoms with Crippen LogP contribution >= 0.6 is 15.9 Å². The van der Waals surface area contributed by atoms with Gasteiger partial charge in [-0.05, 0) is 0 Å². The van der Waals surface area contributed by atoms with E-state index in [4.69, 9.17) is 10.2 Å². The second kappa shape index (κ2) is 3.13. The van der Waals surface area contributed by atoms with Gasteiger partial charge in [0.1, 0.15) is 18.9 Å². The molecule has 0 bridgehead atoms. The van der Waals surface area contributed by atoms with Crippen molar-refractivity contribution in [2.45, 2.75) is 23.3 Å². The molecule has 0 aliphatic carbocycles. The fraction of sp³-hybridized carbons (Fsp3) is 1.00. The first kappa shape index (κ1) is 8.39. The molecule has 1 saturated heterocycles. The van der Waals surface area contributed by atoms with E-state index in [0.29, 0.717) is 0 Å². The van der Waals surface area contributed by atoms with Crippen molar-refractivity contribution in [2.24, 2.45) is 0 Å². The van der Waals surface area contributed by atoms with Crippen LogP contribution in [0.4, 0.5) is 4.39 Å². The van der Waals surface area contributed by atoms with Crippen molar-refractivity contribution in [1.29, 1.82) is 0 Å². The Morgan fingerprint density at radius 2 is 2.10 bits per heavy atom. The first-order valence-corrected chi connectivity index (χ1v) is 3.80. The van der Waals surface area contributed by atoms with Gasteiger partial charge in [0.2, 0.25) is 0 Å². The number of aliphatic hydroxyl groups is 2.